The summed E-state index contributed by atoms with van der Waals surface area (Å²) in [4.78, 5) is 23.9. The van der Waals surface area contributed by atoms with E-state index < -0.39 is 0 Å². The fourth-order valence-corrected chi connectivity index (χ4v) is 3.19. The van der Waals surface area contributed by atoms with Gasteiger partial charge in [-0.1, -0.05) is 18.2 Å². The van der Waals surface area contributed by atoms with Crippen LogP contribution >= 0.6 is 0 Å². The molecule has 2 aromatic carbocycles. The van der Waals surface area contributed by atoms with Crippen LogP contribution in [0.4, 0.5) is 17.2 Å². The van der Waals surface area contributed by atoms with Gasteiger partial charge < -0.3 is 15.0 Å². The summed E-state index contributed by atoms with van der Waals surface area (Å²) in [6.07, 6.45) is 0. The molecule has 150 valence electrons. The van der Waals surface area contributed by atoms with Crippen LogP contribution in [0.15, 0.2) is 48.5 Å². The number of benzene rings is 2. The molecule has 0 saturated heterocycles. The predicted molar refractivity (Wildman–Crippen MR) is 116 cm³/mol. The van der Waals surface area contributed by atoms with Crippen molar-refractivity contribution in [2.45, 2.75) is 27.7 Å². The minimum atomic E-state index is -0.305. The smallest absolute Gasteiger partial charge is 0.274 e. The van der Waals surface area contributed by atoms with E-state index in [9.17, 15) is 4.79 Å². The number of hydrogen-bond acceptors (Lipinski definition) is 5. The summed E-state index contributed by atoms with van der Waals surface area (Å²) in [5, 5.41) is 2.91. The zero-order chi connectivity index (χ0) is 21.0. The van der Waals surface area contributed by atoms with E-state index in [1.54, 1.807) is 20.1 Å². The third-order valence-corrected chi connectivity index (χ3v) is 4.57. The number of hydrogen-bond donors (Lipinski definition) is 1. The van der Waals surface area contributed by atoms with Gasteiger partial charge in [0.2, 0.25) is 0 Å². The average molecular weight is 390 g/mol. The number of nitrogens with zero attached hydrogens (tertiary/aromatic N) is 3. The minimum absolute atomic E-state index is 0.305. The number of carbonyl (C=O) groups is 1. The van der Waals surface area contributed by atoms with Gasteiger partial charge in [0.1, 0.15) is 23.1 Å². The molecule has 1 aromatic heterocycles. The summed E-state index contributed by atoms with van der Waals surface area (Å²) in [5.74, 6) is 1.52. The number of nitrogens with one attached hydrogen (secondary N) is 1. The molecule has 6 heteroatoms. The Kier molecular flexibility index (Phi) is 6.12. The van der Waals surface area contributed by atoms with E-state index in [2.05, 4.69) is 46.2 Å². The molecule has 0 bridgehead atoms. The molecule has 0 aliphatic carbocycles. The van der Waals surface area contributed by atoms with Gasteiger partial charge >= 0.3 is 0 Å². The second kappa shape index (κ2) is 8.73. The van der Waals surface area contributed by atoms with Crippen LogP contribution in [-0.4, -0.2) is 29.5 Å². The van der Waals surface area contributed by atoms with Crippen LogP contribution in [-0.2, 0) is 0 Å². The molecule has 1 amide bonds. The number of aromatic nitrogens is 2. The lowest BCUT2D eigenvalue weighted by molar-refractivity contribution is 0.102. The van der Waals surface area contributed by atoms with Gasteiger partial charge in [-0.2, -0.15) is 0 Å². The van der Waals surface area contributed by atoms with Crippen molar-refractivity contribution in [3.63, 3.8) is 0 Å². The Morgan fingerprint density at radius 3 is 2.48 bits per heavy atom. The van der Waals surface area contributed by atoms with Gasteiger partial charge in [-0.05, 0) is 63.1 Å². The molecule has 29 heavy (non-hydrogen) atoms. The summed E-state index contributed by atoms with van der Waals surface area (Å²) in [6.45, 7) is 8.57. The predicted octanol–water partition coefficient (Wildman–Crippen LogP) is 4.82. The van der Waals surface area contributed by atoms with E-state index in [-0.39, 0.29) is 5.91 Å². The van der Waals surface area contributed by atoms with E-state index in [4.69, 9.17) is 4.74 Å². The van der Waals surface area contributed by atoms with Crippen molar-refractivity contribution in [3.8, 4) is 5.75 Å². The Morgan fingerprint density at radius 2 is 1.79 bits per heavy atom. The van der Waals surface area contributed by atoms with Gasteiger partial charge in [-0.3, -0.25) is 4.79 Å². The van der Waals surface area contributed by atoms with Crippen molar-refractivity contribution in [3.05, 3.63) is 71.2 Å². The third kappa shape index (κ3) is 4.71. The summed E-state index contributed by atoms with van der Waals surface area (Å²) >= 11 is 0. The van der Waals surface area contributed by atoms with Gasteiger partial charge in [-0.15, -0.1) is 0 Å². The summed E-state index contributed by atoms with van der Waals surface area (Å²) < 4.78 is 5.35. The Labute approximate surface area is 171 Å². The highest BCUT2D eigenvalue weighted by Crippen LogP contribution is 2.27. The van der Waals surface area contributed by atoms with Gasteiger partial charge in [0.05, 0.1) is 12.8 Å². The van der Waals surface area contributed by atoms with E-state index in [1.807, 2.05) is 37.3 Å². The van der Waals surface area contributed by atoms with E-state index in [0.29, 0.717) is 35.3 Å². The number of amides is 1. The fourth-order valence-electron chi connectivity index (χ4n) is 3.19. The van der Waals surface area contributed by atoms with Crippen molar-refractivity contribution in [1.82, 2.24) is 9.97 Å². The van der Waals surface area contributed by atoms with Crippen LogP contribution in [0, 0.1) is 20.8 Å². The Balaban J connectivity index is 1.94. The number of ether oxygens (including phenoxy) is 1. The average Bonchev–Trinajstić information content (AvgIpc) is 2.68. The summed E-state index contributed by atoms with van der Waals surface area (Å²) in [7, 11) is 1.58. The summed E-state index contributed by atoms with van der Waals surface area (Å²) in [5.41, 5.74) is 4.13. The van der Waals surface area contributed by atoms with E-state index in [1.165, 1.54) is 0 Å². The Hall–Kier alpha value is -3.41. The number of methoxy groups -OCH3 is 1. The van der Waals surface area contributed by atoms with Crippen LogP contribution < -0.4 is 15.0 Å². The molecule has 0 spiro atoms. The lowest BCUT2D eigenvalue weighted by atomic mass is 10.2. The largest absolute Gasteiger partial charge is 0.495 e. The molecule has 0 fully saturated rings. The second-order valence-corrected chi connectivity index (χ2v) is 6.90. The Morgan fingerprint density at radius 1 is 1.03 bits per heavy atom. The third-order valence-electron chi connectivity index (χ3n) is 4.57. The molecule has 6 nitrogen and oxygen atoms in total. The lowest BCUT2D eigenvalue weighted by Crippen LogP contribution is -2.21. The highest BCUT2D eigenvalue weighted by atomic mass is 16.5. The van der Waals surface area contributed by atoms with Crippen LogP contribution in [0.3, 0.4) is 0 Å². The maximum Gasteiger partial charge on any atom is 0.274 e. The van der Waals surface area contributed by atoms with Crippen molar-refractivity contribution >= 4 is 23.1 Å². The quantitative estimate of drug-likeness (QED) is 0.653. The monoisotopic (exact) mass is 390 g/mol. The molecular weight excluding hydrogens is 364 g/mol. The van der Waals surface area contributed by atoms with Crippen molar-refractivity contribution in [1.29, 1.82) is 0 Å². The van der Waals surface area contributed by atoms with Gasteiger partial charge in [0, 0.05) is 18.3 Å². The normalized spacial score (nSPS) is 10.5. The molecule has 0 aliphatic heterocycles. The number of aryl methyl sites for hydroxylation is 3. The molecule has 3 rings (SSSR count). The zero-order valence-corrected chi connectivity index (χ0v) is 17.5. The Bertz CT molecular complexity index is 1030. The molecule has 1 N–H and O–H groups in total. The van der Waals surface area contributed by atoms with Crippen molar-refractivity contribution in [2.75, 3.05) is 23.9 Å². The van der Waals surface area contributed by atoms with Gasteiger partial charge in [0.25, 0.3) is 5.91 Å². The maximum absolute atomic E-state index is 12.9. The highest BCUT2D eigenvalue weighted by molar-refractivity contribution is 6.04. The molecular formula is C23H26N4O2. The molecule has 0 unspecified atom stereocenters. The lowest BCUT2D eigenvalue weighted by Gasteiger charge is -2.23. The molecule has 3 aromatic rings. The first-order chi connectivity index (χ1) is 13.9. The first-order valence-corrected chi connectivity index (χ1v) is 9.57. The van der Waals surface area contributed by atoms with Gasteiger partial charge in [-0.25, -0.2) is 9.97 Å². The van der Waals surface area contributed by atoms with Gasteiger partial charge in [0.15, 0.2) is 0 Å². The molecule has 0 radical (unpaired) electrons. The molecule has 0 aliphatic rings. The van der Waals surface area contributed by atoms with E-state index in [0.717, 1.165) is 16.8 Å². The minimum Gasteiger partial charge on any atom is -0.495 e. The van der Waals surface area contributed by atoms with Crippen LogP contribution in [0.5, 0.6) is 5.75 Å². The molecule has 0 atom stereocenters. The highest BCUT2D eigenvalue weighted by Gasteiger charge is 2.17. The first-order valence-electron chi connectivity index (χ1n) is 9.57. The summed E-state index contributed by atoms with van der Waals surface area (Å²) in [6, 6.07) is 15.5. The maximum atomic E-state index is 12.9. The number of rotatable bonds is 6. The molecule has 1 heterocycles. The SMILES string of the molecule is CCN(c1cccc(C)c1)c1cc(C(=O)Nc2cc(C)ccc2OC)nc(C)n1. The zero-order valence-electron chi connectivity index (χ0n) is 17.5. The van der Waals surface area contributed by atoms with Crippen molar-refractivity contribution in [2.24, 2.45) is 0 Å². The van der Waals surface area contributed by atoms with E-state index >= 15 is 0 Å². The van der Waals surface area contributed by atoms with Crippen molar-refractivity contribution < 1.29 is 9.53 Å². The van der Waals surface area contributed by atoms with Crippen LogP contribution in [0.2, 0.25) is 0 Å². The topological polar surface area (TPSA) is 67.4 Å². The van der Waals surface area contributed by atoms with Crippen LogP contribution in [0.1, 0.15) is 34.4 Å². The number of anilines is 3. The standard InChI is InChI=1S/C23H26N4O2/c1-6-27(18-9-7-8-15(2)12-18)22-14-20(24-17(4)25-22)23(28)26-19-13-16(3)10-11-21(19)29-5/h7-14H,6H2,1-5H3,(H,26,28). The fraction of sp³-hybridized carbons (Fsp3) is 0.261. The second-order valence-electron chi connectivity index (χ2n) is 6.90. The first kappa shape index (κ1) is 20.3. The van der Waals surface area contributed by atoms with Crippen LogP contribution in [0.25, 0.3) is 0 Å². The number of carbonyl (C=O) groups excluding carboxylic acids is 1. The molecule has 0 saturated carbocycles.